The average Bonchev–Trinajstić information content (AvgIpc) is 2.93. The first-order chi connectivity index (χ1) is 11.5. The van der Waals surface area contributed by atoms with E-state index in [4.69, 9.17) is 10.8 Å². The zero-order valence-electron chi connectivity index (χ0n) is 14.2. The maximum Gasteiger partial charge on any atom is 0.259 e. The van der Waals surface area contributed by atoms with Gasteiger partial charge in [0.1, 0.15) is 11.5 Å². The lowest BCUT2D eigenvalue weighted by atomic mass is 10.4. The molecule has 0 amide bonds. The Bertz CT molecular complexity index is 578. The lowest BCUT2D eigenvalue weighted by Gasteiger charge is -2.07. The Morgan fingerprint density at radius 2 is 2.25 bits per heavy atom. The molecule has 0 saturated carbocycles. The molecule has 0 atom stereocenters. The molecule has 0 aliphatic carbocycles. The van der Waals surface area contributed by atoms with Crippen LogP contribution in [0.2, 0.25) is 0 Å². The van der Waals surface area contributed by atoms with Crippen molar-refractivity contribution in [1.82, 2.24) is 10.2 Å². The van der Waals surface area contributed by atoms with E-state index in [0.29, 0.717) is 25.3 Å². The second-order valence-electron chi connectivity index (χ2n) is 5.36. The molecule has 0 aromatic carbocycles. The van der Waals surface area contributed by atoms with Gasteiger partial charge in [-0.2, -0.15) is 11.8 Å². The molecule has 0 unspecified atom stereocenters. The Morgan fingerprint density at radius 1 is 1.50 bits per heavy atom. The Labute approximate surface area is 147 Å². The summed E-state index contributed by atoms with van der Waals surface area (Å²) in [5.41, 5.74) is 0. The van der Waals surface area contributed by atoms with Crippen molar-refractivity contribution in [3.8, 4) is 12.3 Å². The van der Waals surface area contributed by atoms with Gasteiger partial charge in [-0.15, -0.1) is 12.3 Å². The van der Waals surface area contributed by atoms with E-state index < -0.39 is 4.92 Å². The van der Waals surface area contributed by atoms with Crippen molar-refractivity contribution in [2.45, 2.75) is 18.7 Å². The fourth-order valence-electron chi connectivity index (χ4n) is 1.88. The topological polar surface area (TPSA) is 83.9 Å². The number of nitrogens with zero attached hydrogens (tertiary/aromatic N) is 3. The van der Waals surface area contributed by atoms with Gasteiger partial charge < -0.3 is 14.6 Å². The fourth-order valence-corrected chi connectivity index (χ4v) is 2.62. The molecule has 0 fully saturated rings. The minimum atomic E-state index is -0.399. The van der Waals surface area contributed by atoms with Crippen LogP contribution in [0.25, 0.3) is 0 Å². The van der Waals surface area contributed by atoms with Crippen molar-refractivity contribution in [3.63, 3.8) is 0 Å². The number of nitrogens with one attached hydrogen (secondary N) is 1. The molecule has 1 heterocycles. The first kappa shape index (κ1) is 20.1. The number of hydrogen-bond donors (Lipinski definition) is 1. The molecule has 1 N–H and O–H groups in total. The number of aliphatic imine (C=N–C) groups is 1. The van der Waals surface area contributed by atoms with Crippen LogP contribution >= 0.6 is 11.8 Å². The molecule has 0 aliphatic heterocycles. The monoisotopic (exact) mass is 352 g/mol. The first-order valence-electron chi connectivity index (χ1n) is 7.63. The van der Waals surface area contributed by atoms with Crippen LogP contribution in [0.15, 0.2) is 21.5 Å². The normalized spacial score (nSPS) is 11.5. The lowest BCUT2D eigenvalue weighted by Crippen LogP contribution is -2.32. The van der Waals surface area contributed by atoms with Gasteiger partial charge in [-0.1, -0.05) is 0 Å². The van der Waals surface area contributed by atoms with Crippen LogP contribution in [-0.4, -0.2) is 55.1 Å². The third-order valence-electron chi connectivity index (χ3n) is 2.85. The summed E-state index contributed by atoms with van der Waals surface area (Å²) in [7, 11) is 3.99. The molecule has 8 heteroatoms. The van der Waals surface area contributed by atoms with Crippen molar-refractivity contribution in [2.24, 2.45) is 4.99 Å². The van der Waals surface area contributed by atoms with Crippen molar-refractivity contribution < 1.29 is 9.34 Å². The molecule has 1 rings (SSSR count). The predicted octanol–water partition coefficient (Wildman–Crippen LogP) is 1.86. The summed E-state index contributed by atoms with van der Waals surface area (Å²) in [5, 5.41) is 13.6. The number of rotatable bonds is 11. The number of nitro groups is 1. The zero-order chi connectivity index (χ0) is 17.8. The Balaban J connectivity index is 2.27. The van der Waals surface area contributed by atoms with Crippen molar-refractivity contribution in [3.05, 3.63) is 33.8 Å². The van der Waals surface area contributed by atoms with Crippen LogP contribution in [-0.2, 0) is 12.3 Å². The molecule has 1 aromatic heterocycles. The molecule has 1 aromatic rings. The van der Waals surface area contributed by atoms with Gasteiger partial charge in [-0.25, -0.2) is 0 Å². The maximum absolute atomic E-state index is 10.6. The summed E-state index contributed by atoms with van der Waals surface area (Å²) >= 11 is 1.70. The summed E-state index contributed by atoms with van der Waals surface area (Å²) in [6.45, 7) is 1.49. The third kappa shape index (κ3) is 9.22. The van der Waals surface area contributed by atoms with Crippen LogP contribution in [0.1, 0.15) is 17.9 Å². The molecule has 132 valence electrons. The van der Waals surface area contributed by atoms with Gasteiger partial charge in [0.05, 0.1) is 18.8 Å². The summed E-state index contributed by atoms with van der Waals surface area (Å²) in [4.78, 5) is 16.4. The average molecular weight is 352 g/mol. The molecule has 0 spiro atoms. The van der Waals surface area contributed by atoms with E-state index in [2.05, 4.69) is 21.1 Å². The second kappa shape index (κ2) is 11.5. The molecule has 0 radical (unpaired) electrons. The van der Waals surface area contributed by atoms with Gasteiger partial charge >= 0.3 is 0 Å². The van der Waals surface area contributed by atoms with Gasteiger partial charge in [0.2, 0.25) is 0 Å². The van der Waals surface area contributed by atoms with E-state index in [1.54, 1.807) is 11.8 Å². The standard InChI is InChI=1S/C16H24N4O3S/c1-4-5-8-17-16(12-20(21)22)18-9-10-24-13-15-7-6-14(23-15)11-19(2)3/h1,6-7H,5,8-13H2,2-3H3,(H,17,18). The SMILES string of the molecule is C#CCCN=C(C[N+](=O)[O-])NCCSCc1ccc(CN(C)C)o1. The number of hydrogen-bond acceptors (Lipinski definition) is 6. The molecular formula is C16H24N4O3S. The predicted molar refractivity (Wildman–Crippen MR) is 97.9 cm³/mol. The summed E-state index contributed by atoms with van der Waals surface area (Å²) in [6, 6.07) is 3.97. The zero-order valence-corrected chi connectivity index (χ0v) is 15.0. The van der Waals surface area contributed by atoms with E-state index in [9.17, 15) is 10.1 Å². The van der Waals surface area contributed by atoms with E-state index in [1.807, 2.05) is 26.2 Å². The highest BCUT2D eigenvalue weighted by Crippen LogP contribution is 2.15. The van der Waals surface area contributed by atoms with E-state index in [-0.39, 0.29) is 6.54 Å². The third-order valence-corrected chi connectivity index (χ3v) is 3.83. The number of terminal acetylenes is 1. The maximum atomic E-state index is 10.6. The molecule has 24 heavy (non-hydrogen) atoms. The van der Waals surface area contributed by atoms with E-state index in [0.717, 1.165) is 29.6 Å². The largest absolute Gasteiger partial charge is 0.464 e. The van der Waals surface area contributed by atoms with Gasteiger partial charge in [-0.05, 0) is 26.2 Å². The van der Waals surface area contributed by atoms with E-state index >= 15 is 0 Å². The highest BCUT2D eigenvalue weighted by molar-refractivity contribution is 7.98. The Hall–Kier alpha value is -1.98. The minimum Gasteiger partial charge on any atom is -0.464 e. The van der Waals surface area contributed by atoms with Crippen molar-refractivity contribution in [2.75, 3.05) is 39.5 Å². The Kier molecular flexibility index (Phi) is 9.65. The quantitative estimate of drug-likeness (QED) is 0.163. The van der Waals surface area contributed by atoms with Gasteiger partial charge in [-0.3, -0.25) is 15.1 Å². The minimum absolute atomic E-state index is 0.304. The van der Waals surface area contributed by atoms with Gasteiger partial charge in [0.15, 0.2) is 5.84 Å². The molecule has 0 bridgehead atoms. The first-order valence-corrected chi connectivity index (χ1v) is 8.79. The van der Waals surface area contributed by atoms with Crippen LogP contribution in [0.5, 0.6) is 0 Å². The van der Waals surface area contributed by atoms with Gasteiger partial charge in [0.25, 0.3) is 6.54 Å². The van der Waals surface area contributed by atoms with Crippen LogP contribution in [0, 0.1) is 22.5 Å². The number of amidine groups is 1. The Morgan fingerprint density at radius 3 is 2.92 bits per heavy atom. The van der Waals surface area contributed by atoms with Crippen LogP contribution in [0.3, 0.4) is 0 Å². The second-order valence-corrected chi connectivity index (χ2v) is 6.46. The number of thioether (sulfide) groups is 1. The van der Waals surface area contributed by atoms with Gasteiger partial charge in [0, 0.05) is 23.6 Å². The smallest absolute Gasteiger partial charge is 0.259 e. The van der Waals surface area contributed by atoms with Crippen molar-refractivity contribution >= 4 is 17.6 Å². The summed E-state index contributed by atoms with van der Waals surface area (Å²) in [6.07, 6.45) is 5.63. The van der Waals surface area contributed by atoms with Crippen molar-refractivity contribution in [1.29, 1.82) is 0 Å². The highest BCUT2D eigenvalue weighted by atomic mass is 32.2. The van der Waals surface area contributed by atoms with Crippen LogP contribution < -0.4 is 5.32 Å². The molecule has 7 nitrogen and oxygen atoms in total. The molecule has 0 aliphatic rings. The molecular weight excluding hydrogens is 328 g/mol. The number of furan rings is 1. The molecule has 0 saturated heterocycles. The van der Waals surface area contributed by atoms with Crippen LogP contribution in [0.4, 0.5) is 0 Å². The lowest BCUT2D eigenvalue weighted by molar-refractivity contribution is -0.463. The summed E-state index contributed by atoms with van der Waals surface area (Å²) in [5.74, 6) is 6.29. The summed E-state index contributed by atoms with van der Waals surface area (Å²) < 4.78 is 5.73. The van der Waals surface area contributed by atoms with E-state index in [1.165, 1.54) is 0 Å². The fraction of sp³-hybridized carbons (Fsp3) is 0.562. The highest BCUT2D eigenvalue weighted by Gasteiger charge is 2.07.